The van der Waals surface area contributed by atoms with Gasteiger partial charge in [-0.3, -0.25) is 4.79 Å². The van der Waals surface area contributed by atoms with E-state index in [0.717, 1.165) is 12.2 Å². The zero-order valence-electron chi connectivity index (χ0n) is 17.9. The van der Waals surface area contributed by atoms with E-state index in [2.05, 4.69) is 0 Å². The Balaban J connectivity index is 2.30. The van der Waals surface area contributed by atoms with Crippen LogP contribution in [0.1, 0.15) is 50.3 Å². The lowest BCUT2D eigenvalue weighted by molar-refractivity contribution is -0.149. The summed E-state index contributed by atoms with van der Waals surface area (Å²) in [6.07, 6.45) is -7.57. The molecule has 10 heteroatoms. The lowest BCUT2D eigenvalue weighted by Gasteiger charge is -2.37. The van der Waals surface area contributed by atoms with Gasteiger partial charge >= 0.3 is 24.3 Å². The number of benzene rings is 1. The molecule has 0 heterocycles. The Labute approximate surface area is 185 Å². The Morgan fingerprint density at radius 2 is 1.64 bits per heavy atom. The fraction of sp³-hybridized carbons (Fsp3) is 0.478. The Kier molecular flexibility index (Phi) is 5.75. The van der Waals surface area contributed by atoms with Crippen molar-refractivity contribution >= 4 is 17.5 Å². The van der Waals surface area contributed by atoms with Gasteiger partial charge in [0.15, 0.2) is 0 Å². The first-order chi connectivity index (χ1) is 14.9. The summed E-state index contributed by atoms with van der Waals surface area (Å²) in [6, 6.07) is 0.851. The van der Waals surface area contributed by atoms with E-state index in [-0.39, 0.29) is 36.0 Å². The normalized spacial score (nSPS) is 26.9. The number of rotatable bonds is 5. The molecule has 0 bridgehead atoms. The van der Waals surface area contributed by atoms with Crippen LogP contribution < -0.4 is 0 Å². The SMILES string of the molecule is CC1C(C(=O)O)=CC(c2cc(C(F)(F)F)ccc2C(F)(F)F)=CC1(CC1CC1(C)C)C(=O)O. The number of hydrogen-bond acceptors (Lipinski definition) is 2. The van der Waals surface area contributed by atoms with Crippen molar-refractivity contribution < 1.29 is 46.1 Å². The number of carboxylic acids is 2. The minimum atomic E-state index is -5.05. The summed E-state index contributed by atoms with van der Waals surface area (Å²) in [5.41, 5.74) is -6.79. The molecule has 0 aromatic heterocycles. The van der Waals surface area contributed by atoms with Crippen molar-refractivity contribution in [1.29, 1.82) is 0 Å². The first-order valence-electron chi connectivity index (χ1n) is 10.1. The molecule has 1 fully saturated rings. The maximum atomic E-state index is 13.7. The van der Waals surface area contributed by atoms with E-state index in [4.69, 9.17) is 0 Å². The Morgan fingerprint density at radius 1 is 1.06 bits per heavy atom. The first kappa shape index (κ1) is 24.9. The van der Waals surface area contributed by atoms with Gasteiger partial charge in [-0.1, -0.05) is 26.8 Å². The molecule has 4 nitrogen and oxygen atoms in total. The monoisotopic (exact) mass is 476 g/mol. The lowest BCUT2D eigenvalue weighted by Crippen LogP contribution is -2.41. The van der Waals surface area contributed by atoms with Crippen molar-refractivity contribution in [3.8, 4) is 0 Å². The highest BCUT2D eigenvalue weighted by Gasteiger charge is 2.55. The van der Waals surface area contributed by atoms with Crippen molar-refractivity contribution in [1.82, 2.24) is 0 Å². The van der Waals surface area contributed by atoms with E-state index in [9.17, 15) is 46.1 Å². The van der Waals surface area contributed by atoms with Crippen molar-refractivity contribution in [2.75, 3.05) is 0 Å². The number of allylic oxidation sites excluding steroid dienone is 2. The number of carbonyl (C=O) groups is 2. The van der Waals surface area contributed by atoms with Gasteiger partial charge in [-0.15, -0.1) is 0 Å². The number of alkyl halides is 6. The molecular weight excluding hydrogens is 454 g/mol. The van der Waals surface area contributed by atoms with Gasteiger partial charge < -0.3 is 10.2 Å². The van der Waals surface area contributed by atoms with Crippen molar-refractivity contribution in [3.63, 3.8) is 0 Å². The van der Waals surface area contributed by atoms with Crippen LogP contribution in [-0.4, -0.2) is 22.2 Å². The molecule has 3 atom stereocenters. The second-order valence-corrected chi connectivity index (χ2v) is 9.42. The summed E-state index contributed by atoms with van der Waals surface area (Å²) in [5, 5.41) is 19.8. The molecule has 1 aromatic carbocycles. The Bertz CT molecular complexity index is 1060. The summed E-state index contributed by atoms with van der Waals surface area (Å²) < 4.78 is 80.8. The maximum Gasteiger partial charge on any atom is 0.417 e. The van der Waals surface area contributed by atoms with E-state index in [1.54, 1.807) is 0 Å². The van der Waals surface area contributed by atoms with Gasteiger partial charge in [-0.2, -0.15) is 26.3 Å². The van der Waals surface area contributed by atoms with Gasteiger partial charge in [-0.05, 0) is 59.6 Å². The summed E-state index contributed by atoms with van der Waals surface area (Å²) in [7, 11) is 0. The highest BCUT2D eigenvalue weighted by Crippen LogP contribution is 2.60. The molecule has 0 aliphatic heterocycles. The number of halogens is 6. The fourth-order valence-corrected chi connectivity index (χ4v) is 4.53. The molecule has 3 unspecified atom stereocenters. The zero-order chi connectivity index (χ0) is 25.1. The molecule has 180 valence electrons. The molecule has 0 radical (unpaired) electrons. The van der Waals surface area contributed by atoms with Gasteiger partial charge in [0.05, 0.1) is 16.5 Å². The topological polar surface area (TPSA) is 74.6 Å². The van der Waals surface area contributed by atoms with Crippen molar-refractivity contribution in [2.24, 2.45) is 22.7 Å². The summed E-state index contributed by atoms with van der Waals surface area (Å²) >= 11 is 0. The van der Waals surface area contributed by atoms with Crippen molar-refractivity contribution in [2.45, 2.75) is 46.0 Å². The van der Waals surface area contributed by atoms with E-state index in [0.29, 0.717) is 6.42 Å². The molecule has 0 amide bonds. The van der Waals surface area contributed by atoms with Crippen LogP contribution in [0.5, 0.6) is 0 Å². The van der Waals surface area contributed by atoms with Gasteiger partial charge in [0.25, 0.3) is 0 Å². The minimum absolute atomic E-state index is 0.0507. The molecule has 2 N–H and O–H groups in total. The molecular formula is C23H22F6O4. The Morgan fingerprint density at radius 3 is 2.06 bits per heavy atom. The molecule has 3 rings (SSSR count). The average Bonchev–Trinajstić information content (AvgIpc) is 3.26. The largest absolute Gasteiger partial charge is 0.481 e. The third-order valence-corrected chi connectivity index (χ3v) is 6.87. The number of aliphatic carboxylic acids is 2. The molecule has 2 aliphatic rings. The van der Waals surface area contributed by atoms with Crippen LogP contribution in [0.3, 0.4) is 0 Å². The number of carboxylic acid groups (broad SMARTS) is 2. The average molecular weight is 476 g/mol. The van der Waals surface area contributed by atoms with E-state index >= 15 is 0 Å². The number of hydrogen-bond donors (Lipinski definition) is 2. The van der Waals surface area contributed by atoms with Crippen LogP contribution in [0.2, 0.25) is 0 Å². The van der Waals surface area contributed by atoms with Crippen LogP contribution in [-0.2, 0) is 21.9 Å². The summed E-state index contributed by atoms with van der Waals surface area (Å²) in [4.78, 5) is 24.3. The molecule has 33 heavy (non-hydrogen) atoms. The fourth-order valence-electron chi connectivity index (χ4n) is 4.53. The van der Waals surface area contributed by atoms with Crippen LogP contribution in [0.25, 0.3) is 5.57 Å². The van der Waals surface area contributed by atoms with Crippen LogP contribution in [0.4, 0.5) is 26.3 Å². The molecule has 0 saturated heterocycles. The summed E-state index contributed by atoms with van der Waals surface area (Å²) in [6.45, 7) is 5.12. The highest BCUT2D eigenvalue weighted by molar-refractivity contribution is 5.97. The third kappa shape index (κ3) is 4.52. The predicted molar refractivity (Wildman–Crippen MR) is 106 cm³/mol. The molecule has 0 spiro atoms. The summed E-state index contributed by atoms with van der Waals surface area (Å²) in [5.74, 6) is -4.24. The quantitative estimate of drug-likeness (QED) is 0.491. The van der Waals surface area contributed by atoms with Crippen LogP contribution in [0, 0.1) is 22.7 Å². The zero-order valence-corrected chi connectivity index (χ0v) is 17.9. The van der Waals surface area contributed by atoms with E-state index < -0.39 is 63.5 Å². The smallest absolute Gasteiger partial charge is 0.417 e. The van der Waals surface area contributed by atoms with Crippen molar-refractivity contribution in [3.05, 3.63) is 52.6 Å². The standard InChI is InChI=1S/C23H22F6O4/c1-11-15(18(30)31)6-12(8-21(11,19(32)33)10-14-9-20(14,2)3)16-7-13(22(24,25)26)4-5-17(16)23(27,28)29/h4-8,11,14H,9-10H2,1-3H3,(H,30,31)(H,32,33). The highest BCUT2D eigenvalue weighted by atomic mass is 19.4. The first-order valence-corrected chi connectivity index (χ1v) is 10.1. The molecule has 1 aromatic rings. The predicted octanol–water partition coefficient (Wildman–Crippen LogP) is 6.28. The van der Waals surface area contributed by atoms with Gasteiger partial charge in [-0.25, -0.2) is 4.79 Å². The molecule has 2 aliphatic carbocycles. The van der Waals surface area contributed by atoms with Gasteiger partial charge in [0.1, 0.15) is 0 Å². The lowest BCUT2D eigenvalue weighted by atomic mass is 9.64. The van der Waals surface area contributed by atoms with Crippen LogP contribution in [0.15, 0.2) is 35.9 Å². The minimum Gasteiger partial charge on any atom is -0.481 e. The van der Waals surface area contributed by atoms with E-state index in [1.165, 1.54) is 6.92 Å². The van der Waals surface area contributed by atoms with Gasteiger partial charge in [0, 0.05) is 11.5 Å². The van der Waals surface area contributed by atoms with E-state index in [1.807, 2.05) is 13.8 Å². The second-order valence-electron chi connectivity index (χ2n) is 9.42. The second kappa shape index (κ2) is 7.63. The maximum absolute atomic E-state index is 13.7. The van der Waals surface area contributed by atoms with Crippen LogP contribution >= 0.6 is 0 Å². The Hall–Kier alpha value is -2.78. The van der Waals surface area contributed by atoms with Gasteiger partial charge in [0.2, 0.25) is 0 Å². The third-order valence-electron chi connectivity index (χ3n) is 6.87. The molecule has 1 saturated carbocycles.